The third-order valence-corrected chi connectivity index (χ3v) is 4.43. The van der Waals surface area contributed by atoms with E-state index in [1.165, 1.54) is 0 Å². The fourth-order valence-corrected chi connectivity index (χ4v) is 3.03. The van der Waals surface area contributed by atoms with Crippen LogP contribution < -0.4 is 5.32 Å². The first-order chi connectivity index (χ1) is 13.6. The van der Waals surface area contributed by atoms with E-state index < -0.39 is 17.9 Å². The lowest BCUT2D eigenvalue weighted by atomic mass is 10.0. The third-order valence-electron chi connectivity index (χ3n) is 4.43. The predicted molar refractivity (Wildman–Crippen MR) is 104 cm³/mol. The summed E-state index contributed by atoms with van der Waals surface area (Å²) in [6.45, 7) is 0. The Morgan fingerprint density at radius 3 is 2.29 bits per heavy atom. The van der Waals surface area contributed by atoms with E-state index in [9.17, 15) is 14.7 Å². The molecular formula is C22H16N2O4. The molecule has 1 atom stereocenters. The number of carbonyl (C=O) groups is 2. The summed E-state index contributed by atoms with van der Waals surface area (Å²) in [4.78, 5) is 24.4. The van der Waals surface area contributed by atoms with Crippen molar-refractivity contribution in [3.05, 3.63) is 90.0 Å². The van der Waals surface area contributed by atoms with Crippen LogP contribution in [0.1, 0.15) is 22.0 Å². The molecule has 4 aromatic rings. The van der Waals surface area contributed by atoms with Crippen molar-refractivity contribution in [1.29, 1.82) is 0 Å². The highest BCUT2D eigenvalue weighted by Gasteiger charge is 2.23. The molecule has 2 N–H and O–H groups in total. The molecule has 0 spiro atoms. The Bertz CT molecular complexity index is 1140. The minimum Gasteiger partial charge on any atom is -0.479 e. The lowest BCUT2D eigenvalue weighted by Gasteiger charge is -2.15. The van der Waals surface area contributed by atoms with Gasteiger partial charge in [-0.2, -0.15) is 0 Å². The van der Waals surface area contributed by atoms with E-state index in [1.807, 2.05) is 30.3 Å². The minimum absolute atomic E-state index is 0.329. The molecule has 0 unspecified atom stereocenters. The molecule has 1 aromatic heterocycles. The zero-order valence-corrected chi connectivity index (χ0v) is 14.7. The van der Waals surface area contributed by atoms with Crippen LogP contribution >= 0.6 is 0 Å². The number of carboxylic acids is 1. The second kappa shape index (κ2) is 7.36. The summed E-state index contributed by atoms with van der Waals surface area (Å²) in [5, 5.41) is 16.8. The summed E-state index contributed by atoms with van der Waals surface area (Å²) in [7, 11) is 0. The fraction of sp³-hybridized carbons (Fsp3) is 0.0455. The van der Waals surface area contributed by atoms with Gasteiger partial charge in [0.15, 0.2) is 11.8 Å². The maximum atomic E-state index is 12.7. The predicted octanol–water partition coefficient (Wildman–Crippen LogP) is 4.05. The Balaban J connectivity index is 1.67. The highest BCUT2D eigenvalue weighted by atomic mass is 16.5. The van der Waals surface area contributed by atoms with E-state index in [4.69, 9.17) is 4.52 Å². The molecule has 3 aromatic carbocycles. The molecule has 0 aliphatic rings. The van der Waals surface area contributed by atoms with Crippen molar-refractivity contribution in [2.24, 2.45) is 0 Å². The number of hydrogen-bond acceptors (Lipinski definition) is 4. The first-order valence-electron chi connectivity index (χ1n) is 8.67. The molecular weight excluding hydrogens is 356 g/mol. The van der Waals surface area contributed by atoms with Crippen LogP contribution in [-0.2, 0) is 4.79 Å². The number of nitrogens with one attached hydrogen (secondary N) is 1. The molecule has 0 fully saturated rings. The van der Waals surface area contributed by atoms with Crippen molar-refractivity contribution >= 4 is 22.8 Å². The van der Waals surface area contributed by atoms with Crippen LogP contribution in [0.2, 0.25) is 0 Å². The topological polar surface area (TPSA) is 92.4 Å². The molecule has 6 heteroatoms. The molecule has 4 rings (SSSR count). The van der Waals surface area contributed by atoms with Crippen LogP contribution in [-0.4, -0.2) is 22.1 Å². The van der Waals surface area contributed by atoms with Crippen molar-refractivity contribution in [3.8, 4) is 11.3 Å². The molecule has 0 aliphatic heterocycles. The molecule has 0 saturated heterocycles. The van der Waals surface area contributed by atoms with Gasteiger partial charge in [0, 0.05) is 11.1 Å². The van der Waals surface area contributed by atoms with Crippen molar-refractivity contribution in [3.63, 3.8) is 0 Å². The van der Waals surface area contributed by atoms with Gasteiger partial charge in [-0.3, -0.25) is 4.79 Å². The highest BCUT2D eigenvalue weighted by molar-refractivity contribution is 6.02. The summed E-state index contributed by atoms with van der Waals surface area (Å²) in [6.07, 6.45) is 0. The zero-order valence-electron chi connectivity index (χ0n) is 14.7. The van der Waals surface area contributed by atoms with Gasteiger partial charge in [0.1, 0.15) is 5.52 Å². The summed E-state index contributed by atoms with van der Waals surface area (Å²) >= 11 is 0. The number of carboxylic acid groups (broad SMARTS) is 1. The summed E-state index contributed by atoms with van der Waals surface area (Å²) in [5.41, 5.74) is 2.29. The van der Waals surface area contributed by atoms with Gasteiger partial charge in [0.25, 0.3) is 5.91 Å². The SMILES string of the molecule is O=C(N[C@H](C(=O)O)c1ccccc1)c1ccc2noc(-c3ccccc3)c2c1. The number of aromatic nitrogens is 1. The summed E-state index contributed by atoms with van der Waals surface area (Å²) in [5.74, 6) is -1.06. The zero-order chi connectivity index (χ0) is 19.5. The number of rotatable bonds is 5. The molecule has 138 valence electrons. The van der Waals surface area contributed by atoms with Gasteiger partial charge < -0.3 is 14.9 Å². The van der Waals surface area contributed by atoms with Gasteiger partial charge in [-0.25, -0.2) is 4.79 Å². The van der Waals surface area contributed by atoms with Crippen LogP contribution in [0.3, 0.4) is 0 Å². The van der Waals surface area contributed by atoms with Gasteiger partial charge in [-0.15, -0.1) is 0 Å². The third kappa shape index (κ3) is 3.35. The number of amides is 1. The molecule has 0 radical (unpaired) electrons. The van der Waals surface area contributed by atoms with Crippen molar-refractivity contribution < 1.29 is 19.2 Å². The molecule has 1 amide bonds. The van der Waals surface area contributed by atoms with Gasteiger partial charge in [0.2, 0.25) is 0 Å². The Morgan fingerprint density at radius 1 is 0.929 bits per heavy atom. The van der Waals surface area contributed by atoms with Crippen LogP contribution in [0, 0.1) is 0 Å². The van der Waals surface area contributed by atoms with Crippen LogP contribution in [0.25, 0.3) is 22.2 Å². The highest BCUT2D eigenvalue weighted by Crippen LogP contribution is 2.29. The number of aliphatic carboxylic acids is 1. The standard InChI is InChI=1S/C22H16N2O4/c25-21(23-19(22(26)27)14-7-3-1-4-8-14)16-11-12-18-17(13-16)20(28-24-18)15-9-5-2-6-10-15/h1-13,19H,(H,23,25)(H,26,27)/t19-/m0/s1. The maximum absolute atomic E-state index is 12.7. The molecule has 0 saturated carbocycles. The monoisotopic (exact) mass is 372 g/mol. The van der Waals surface area contributed by atoms with E-state index in [-0.39, 0.29) is 0 Å². The number of benzene rings is 3. The van der Waals surface area contributed by atoms with E-state index in [2.05, 4.69) is 10.5 Å². The second-order valence-electron chi connectivity index (χ2n) is 6.27. The van der Waals surface area contributed by atoms with Gasteiger partial charge in [-0.05, 0) is 23.8 Å². The molecule has 28 heavy (non-hydrogen) atoms. The van der Waals surface area contributed by atoms with E-state index in [0.29, 0.717) is 27.8 Å². The van der Waals surface area contributed by atoms with E-state index >= 15 is 0 Å². The molecule has 6 nitrogen and oxygen atoms in total. The average Bonchev–Trinajstić information content (AvgIpc) is 3.16. The van der Waals surface area contributed by atoms with E-state index in [0.717, 1.165) is 5.56 Å². The fourth-order valence-electron chi connectivity index (χ4n) is 3.03. The number of carbonyl (C=O) groups excluding carboxylic acids is 1. The van der Waals surface area contributed by atoms with Crippen LogP contribution in [0.15, 0.2) is 83.4 Å². The molecule has 0 bridgehead atoms. The first kappa shape index (κ1) is 17.5. The lowest BCUT2D eigenvalue weighted by molar-refractivity contribution is -0.139. The smallest absolute Gasteiger partial charge is 0.330 e. The Hall–Kier alpha value is -3.93. The second-order valence-corrected chi connectivity index (χ2v) is 6.27. The number of fused-ring (bicyclic) bond motifs is 1. The average molecular weight is 372 g/mol. The van der Waals surface area contributed by atoms with Crippen molar-refractivity contribution in [2.75, 3.05) is 0 Å². The van der Waals surface area contributed by atoms with Gasteiger partial charge in [0.05, 0.1) is 5.39 Å². The van der Waals surface area contributed by atoms with E-state index in [1.54, 1.807) is 48.5 Å². The molecule has 0 aliphatic carbocycles. The molecule has 1 heterocycles. The summed E-state index contributed by atoms with van der Waals surface area (Å²) in [6, 6.07) is 21.8. The van der Waals surface area contributed by atoms with Crippen LogP contribution in [0.4, 0.5) is 0 Å². The first-order valence-corrected chi connectivity index (χ1v) is 8.67. The minimum atomic E-state index is -1.14. The Labute approximate surface area is 160 Å². The number of hydrogen-bond donors (Lipinski definition) is 2. The summed E-state index contributed by atoms with van der Waals surface area (Å²) < 4.78 is 5.45. The largest absolute Gasteiger partial charge is 0.479 e. The quantitative estimate of drug-likeness (QED) is 0.551. The lowest BCUT2D eigenvalue weighted by Crippen LogP contribution is -2.33. The normalized spacial score (nSPS) is 11.9. The van der Waals surface area contributed by atoms with Crippen molar-refractivity contribution in [1.82, 2.24) is 10.5 Å². The number of nitrogens with zero attached hydrogens (tertiary/aromatic N) is 1. The van der Waals surface area contributed by atoms with Gasteiger partial charge in [-0.1, -0.05) is 65.8 Å². The Morgan fingerprint density at radius 2 is 1.61 bits per heavy atom. The maximum Gasteiger partial charge on any atom is 0.330 e. The van der Waals surface area contributed by atoms with Crippen LogP contribution in [0.5, 0.6) is 0 Å². The Kier molecular flexibility index (Phi) is 4.60. The van der Waals surface area contributed by atoms with Crippen molar-refractivity contribution in [2.45, 2.75) is 6.04 Å². The van der Waals surface area contributed by atoms with Gasteiger partial charge >= 0.3 is 5.97 Å².